The van der Waals surface area contributed by atoms with E-state index in [0.717, 1.165) is 10.8 Å². The van der Waals surface area contributed by atoms with Crippen molar-refractivity contribution in [3.05, 3.63) is 37.1 Å². The highest BCUT2D eigenvalue weighted by atomic mass is 16.6. The molecule has 0 radical (unpaired) electrons. The lowest BCUT2D eigenvalue weighted by atomic mass is 10.4. The molecule has 0 amide bonds. The lowest BCUT2D eigenvalue weighted by Gasteiger charge is -2.06. The molecule has 0 bridgehead atoms. The lowest BCUT2D eigenvalue weighted by Crippen LogP contribution is -2.40. The van der Waals surface area contributed by atoms with E-state index in [0.29, 0.717) is 4.57 Å². The Labute approximate surface area is 107 Å². The molecule has 1 aromatic rings. The molecule has 0 aliphatic heterocycles. The van der Waals surface area contributed by atoms with Crippen molar-refractivity contribution < 1.29 is 14.5 Å². The molecule has 104 valence electrons. The summed E-state index contributed by atoms with van der Waals surface area (Å²) in [6, 6.07) is 0. The fraction of sp³-hybridized carbons (Fsp3) is 0.500. The zero-order chi connectivity index (χ0) is 14.6. The van der Waals surface area contributed by atoms with E-state index in [1.165, 1.54) is 7.05 Å². The molecule has 0 spiro atoms. The van der Waals surface area contributed by atoms with Gasteiger partial charge in [0.1, 0.15) is 0 Å². The number of esters is 1. The van der Waals surface area contributed by atoms with Gasteiger partial charge in [0, 0.05) is 13.6 Å². The van der Waals surface area contributed by atoms with Crippen LogP contribution in [-0.2, 0) is 23.1 Å². The predicted molar refractivity (Wildman–Crippen MR) is 63.8 cm³/mol. The van der Waals surface area contributed by atoms with E-state index in [2.05, 4.69) is 4.74 Å². The van der Waals surface area contributed by atoms with Crippen LogP contribution in [0.4, 0.5) is 5.69 Å². The van der Waals surface area contributed by atoms with Crippen LogP contribution < -0.4 is 11.2 Å². The molecule has 1 heterocycles. The Morgan fingerprint density at radius 2 is 2.11 bits per heavy atom. The van der Waals surface area contributed by atoms with Crippen molar-refractivity contribution in [2.24, 2.45) is 7.05 Å². The number of hydrogen-bond acceptors (Lipinski definition) is 6. The van der Waals surface area contributed by atoms with Crippen LogP contribution in [0.15, 0.2) is 15.8 Å². The number of aryl methyl sites for hydroxylation is 1. The average molecular weight is 271 g/mol. The smallest absolute Gasteiger partial charge is 0.350 e. The van der Waals surface area contributed by atoms with Crippen molar-refractivity contribution in [1.29, 1.82) is 0 Å². The largest absolute Gasteiger partial charge is 0.466 e. The quantitative estimate of drug-likeness (QED) is 0.401. The summed E-state index contributed by atoms with van der Waals surface area (Å²) in [5.41, 5.74) is -2.47. The Bertz CT molecular complexity index is 615. The Hall–Kier alpha value is -2.45. The Morgan fingerprint density at radius 1 is 1.47 bits per heavy atom. The minimum Gasteiger partial charge on any atom is -0.466 e. The summed E-state index contributed by atoms with van der Waals surface area (Å²) in [6.45, 7) is 1.54. The first-order valence-electron chi connectivity index (χ1n) is 5.49. The third-order valence-corrected chi connectivity index (χ3v) is 2.35. The van der Waals surface area contributed by atoms with Gasteiger partial charge in [0.05, 0.1) is 24.1 Å². The molecule has 9 heteroatoms. The molecule has 0 atom stereocenters. The van der Waals surface area contributed by atoms with Gasteiger partial charge in [-0.15, -0.1) is 0 Å². The van der Waals surface area contributed by atoms with Gasteiger partial charge < -0.3 is 4.74 Å². The molecule has 0 saturated carbocycles. The third-order valence-electron chi connectivity index (χ3n) is 2.35. The summed E-state index contributed by atoms with van der Waals surface area (Å²) in [7, 11) is 1.29. The molecule has 1 aromatic heterocycles. The fourth-order valence-corrected chi connectivity index (χ4v) is 1.47. The van der Waals surface area contributed by atoms with E-state index >= 15 is 0 Å². The summed E-state index contributed by atoms with van der Waals surface area (Å²) in [5.74, 6) is -0.581. The first kappa shape index (κ1) is 14.6. The predicted octanol–water partition coefficient (Wildman–Crippen LogP) is -0.592. The molecule has 0 aromatic carbocycles. The van der Waals surface area contributed by atoms with Crippen molar-refractivity contribution in [3.8, 4) is 0 Å². The number of ether oxygens (including phenoxy) is 1. The maximum Gasteiger partial charge on any atom is 0.350 e. The number of aromatic nitrogens is 2. The van der Waals surface area contributed by atoms with Gasteiger partial charge in [-0.05, 0) is 6.92 Å². The summed E-state index contributed by atoms with van der Waals surface area (Å²) in [6.07, 6.45) is 0.648. The maximum absolute atomic E-state index is 11.7. The fourth-order valence-electron chi connectivity index (χ4n) is 1.47. The van der Waals surface area contributed by atoms with Gasteiger partial charge in [-0.2, -0.15) is 0 Å². The second kappa shape index (κ2) is 5.94. The molecule has 9 nitrogen and oxygen atoms in total. The Balaban J connectivity index is 3.13. The normalized spacial score (nSPS) is 10.2. The lowest BCUT2D eigenvalue weighted by molar-refractivity contribution is -0.387. The van der Waals surface area contributed by atoms with Gasteiger partial charge in [-0.25, -0.2) is 4.79 Å². The molecular formula is C10H13N3O6. The van der Waals surface area contributed by atoms with Crippen LogP contribution in [0, 0.1) is 10.1 Å². The molecule has 0 N–H and O–H groups in total. The second-order valence-corrected chi connectivity index (χ2v) is 3.68. The molecule has 0 fully saturated rings. The van der Waals surface area contributed by atoms with Crippen molar-refractivity contribution in [2.75, 3.05) is 6.61 Å². The van der Waals surface area contributed by atoms with Gasteiger partial charge in [-0.1, -0.05) is 0 Å². The van der Waals surface area contributed by atoms with Gasteiger partial charge in [0.15, 0.2) is 0 Å². The number of rotatable bonds is 5. The van der Waals surface area contributed by atoms with Crippen LogP contribution in [0.1, 0.15) is 13.3 Å². The first-order valence-corrected chi connectivity index (χ1v) is 5.49. The number of carbonyl (C=O) groups excluding carboxylic acids is 1. The van der Waals surface area contributed by atoms with Crippen molar-refractivity contribution >= 4 is 11.7 Å². The second-order valence-electron chi connectivity index (χ2n) is 3.68. The van der Waals surface area contributed by atoms with E-state index in [1.54, 1.807) is 6.92 Å². The maximum atomic E-state index is 11.7. The zero-order valence-corrected chi connectivity index (χ0v) is 10.5. The van der Waals surface area contributed by atoms with Crippen LogP contribution in [-0.4, -0.2) is 26.6 Å². The van der Waals surface area contributed by atoms with Crippen LogP contribution >= 0.6 is 0 Å². The summed E-state index contributed by atoms with van der Waals surface area (Å²) in [4.78, 5) is 44.3. The number of carbonyl (C=O) groups is 1. The van der Waals surface area contributed by atoms with E-state index in [4.69, 9.17) is 0 Å². The van der Waals surface area contributed by atoms with Gasteiger partial charge >= 0.3 is 22.9 Å². The minimum atomic E-state index is -1.03. The number of nitro groups is 1. The standard InChI is InChI=1S/C10H13N3O6/c1-3-19-8(14)4-5-12-9(15)7(13(17)18)6-11(2)10(12)16/h6H,3-5H2,1-2H3. The topological polar surface area (TPSA) is 113 Å². The monoisotopic (exact) mass is 271 g/mol. The van der Waals surface area contributed by atoms with Crippen molar-refractivity contribution in [1.82, 2.24) is 9.13 Å². The minimum absolute atomic E-state index is 0.181. The van der Waals surface area contributed by atoms with E-state index in [9.17, 15) is 24.5 Å². The van der Waals surface area contributed by atoms with Gasteiger partial charge in [-0.3, -0.25) is 28.8 Å². The molecule has 19 heavy (non-hydrogen) atoms. The van der Waals surface area contributed by atoms with E-state index < -0.39 is 27.8 Å². The van der Waals surface area contributed by atoms with Gasteiger partial charge in [0.25, 0.3) is 0 Å². The Kier molecular flexibility index (Phi) is 4.56. The van der Waals surface area contributed by atoms with Crippen molar-refractivity contribution in [2.45, 2.75) is 19.9 Å². The zero-order valence-electron chi connectivity index (χ0n) is 10.5. The van der Waals surface area contributed by atoms with Crippen LogP contribution in [0.2, 0.25) is 0 Å². The number of nitrogens with zero attached hydrogens (tertiary/aromatic N) is 3. The summed E-state index contributed by atoms with van der Waals surface area (Å²) in [5, 5.41) is 10.7. The highest BCUT2D eigenvalue weighted by Gasteiger charge is 2.19. The molecule has 0 aliphatic carbocycles. The first-order chi connectivity index (χ1) is 8.88. The SMILES string of the molecule is CCOC(=O)CCn1c(=O)c([N+](=O)[O-])cn(C)c1=O. The Morgan fingerprint density at radius 3 is 2.63 bits per heavy atom. The molecule has 1 rings (SSSR count). The van der Waals surface area contributed by atoms with E-state index in [1.807, 2.05) is 0 Å². The number of hydrogen-bond donors (Lipinski definition) is 0. The molecule has 0 aliphatic rings. The summed E-state index contributed by atoms with van der Waals surface area (Å²) >= 11 is 0. The third kappa shape index (κ3) is 3.27. The highest BCUT2D eigenvalue weighted by molar-refractivity contribution is 5.69. The van der Waals surface area contributed by atoms with Gasteiger partial charge in [0.2, 0.25) is 0 Å². The van der Waals surface area contributed by atoms with Crippen LogP contribution in [0.3, 0.4) is 0 Å². The van der Waals surface area contributed by atoms with Crippen LogP contribution in [0.25, 0.3) is 0 Å². The van der Waals surface area contributed by atoms with Crippen LogP contribution in [0.5, 0.6) is 0 Å². The molecule has 0 unspecified atom stereocenters. The highest BCUT2D eigenvalue weighted by Crippen LogP contribution is 1.99. The molecule has 0 saturated heterocycles. The van der Waals surface area contributed by atoms with E-state index in [-0.39, 0.29) is 19.6 Å². The summed E-state index contributed by atoms with van der Waals surface area (Å²) < 4.78 is 6.22. The molecular weight excluding hydrogens is 258 g/mol. The average Bonchev–Trinajstić information content (AvgIpc) is 2.33. The van der Waals surface area contributed by atoms with Crippen molar-refractivity contribution in [3.63, 3.8) is 0 Å².